The average molecular weight is 324 g/mol. The third kappa shape index (κ3) is 4.90. The molecule has 124 valence electrons. The number of aromatic nitrogens is 2. The Balaban J connectivity index is 2.63. The maximum atomic E-state index is 12.3. The van der Waals surface area contributed by atoms with Gasteiger partial charge in [-0.3, -0.25) is 4.79 Å². The van der Waals surface area contributed by atoms with Crippen LogP contribution in [-0.4, -0.2) is 35.3 Å². The van der Waals surface area contributed by atoms with Crippen molar-refractivity contribution in [1.82, 2.24) is 20.8 Å². The first kappa shape index (κ1) is 17.7. The zero-order valence-electron chi connectivity index (χ0n) is 12.0. The SMILES string of the molecule is COC(=O)N[C@H](C(=O)NCc1nc(C(F)(F)F)no1)C(C)C. The number of nitrogens with zero attached hydrogens (tertiary/aromatic N) is 2. The quantitative estimate of drug-likeness (QED) is 0.839. The second-order valence-electron chi connectivity index (χ2n) is 4.58. The molecule has 0 saturated carbocycles. The lowest BCUT2D eigenvalue weighted by Crippen LogP contribution is -2.49. The molecule has 11 heteroatoms. The number of alkyl carbamates (subject to hydrolysis) is 1. The van der Waals surface area contributed by atoms with Crippen LogP contribution in [0.3, 0.4) is 0 Å². The van der Waals surface area contributed by atoms with Gasteiger partial charge in [0, 0.05) is 0 Å². The van der Waals surface area contributed by atoms with Gasteiger partial charge in [0.25, 0.3) is 5.82 Å². The summed E-state index contributed by atoms with van der Waals surface area (Å²) >= 11 is 0. The van der Waals surface area contributed by atoms with Crippen LogP contribution in [0, 0.1) is 5.92 Å². The highest BCUT2D eigenvalue weighted by atomic mass is 19.4. The van der Waals surface area contributed by atoms with Crippen LogP contribution in [0.15, 0.2) is 4.52 Å². The van der Waals surface area contributed by atoms with E-state index in [0.29, 0.717) is 0 Å². The van der Waals surface area contributed by atoms with Crippen LogP contribution < -0.4 is 10.6 Å². The number of methoxy groups -OCH3 is 1. The van der Waals surface area contributed by atoms with Crippen LogP contribution in [0.25, 0.3) is 0 Å². The Hall–Kier alpha value is -2.33. The number of rotatable bonds is 5. The first-order chi connectivity index (χ1) is 10.1. The van der Waals surface area contributed by atoms with Crippen molar-refractivity contribution in [2.45, 2.75) is 32.6 Å². The fourth-order valence-electron chi connectivity index (χ4n) is 1.44. The van der Waals surface area contributed by atoms with Gasteiger partial charge in [-0.25, -0.2) is 4.79 Å². The maximum Gasteiger partial charge on any atom is 0.455 e. The van der Waals surface area contributed by atoms with E-state index in [2.05, 4.69) is 30.0 Å². The van der Waals surface area contributed by atoms with Gasteiger partial charge >= 0.3 is 12.3 Å². The minimum Gasteiger partial charge on any atom is -0.453 e. The minimum atomic E-state index is -4.72. The van der Waals surface area contributed by atoms with E-state index in [4.69, 9.17) is 0 Å². The molecule has 0 aliphatic heterocycles. The average Bonchev–Trinajstić information content (AvgIpc) is 2.90. The smallest absolute Gasteiger partial charge is 0.453 e. The van der Waals surface area contributed by atoms with Crippen molar-refractivity contribution in [1.29, 1.82) is 0 Å². The molecule has 0 aliphatic carbocycles. The standard InChI is InChI=1S/C11H15F3N4O4/c1-5(2)7(17-10(20)21-3)8(19)15-4-6-16-9(18-22-6)11(12,13)14/h5,7H,4H2,1-3H3,(H,15,19)(H,17,20)/t7-/m0/s1. The summed E-state index contributed by atoms with van der Waals surface area (Å²) < 4.78 is 45.6. The third-order valence-electron chi connectivity index (χ3n) is 2.54. The third-order valence-corrected chi connectivity index (χ3v) is 2.54. The molecule has 0 aromatic carbocycles. The van der Waals surface area contributed by atoms with Gasteiger partial charge in [0.1, 0.15) is 6.04 Å². The predicted octanol–water partition coefficient (Wildman–Crippen LogP) is 1.09. The summed E-state index contributed by atoms with van der Waals surface area (Å²) in [5, 5.41) is 7.37. The molecular formula is C11H15F3N4O4. The summed E-state index contributed by atoms with van der Waals surface area (Å²) in [6.45, 7) is 2.96. The van der Waals surface area contributed by atoms with Gasteiger partial charge in [-0.15, -0.1) is 0 Å². The van der Waals surface area contributed by atoms with Gasteiger partial charge in [-0.2, -0.15) is 18.2 Å². The number of carbonyl (C=O) groups is 2. The summed E-state index contributed by atoms with van der Waals surface area (Å²) in [5.74, 6) is -2.72. The highest BCUT2D eigenvalue weighted by molar-refractivity contribution is 5.85. The van der Waals surface area contributed by atoms with Crippen molar-refractivity contribution in [3.63, 3.8) is 0 Å². The van der Waals surface area contributed by atoms with E-state index >= 15 is 0 Å². The molecule has 1 aromatic rings. The van der Waals surface area contributed by atoms with Crippen molar-refractivity contribution >= 4 is 12.0 Å². The van der Waals surface area contributed by atoms with E-state index in [1.165, 1.54) is 0 Å². The predicted molar refractivity (Wildman–Crippen MR) is 65.3 cm³/mol. The summed E-state index contributed by atoms with van der Waals surface area (Å²) in [6.07, 6.45) is -5.52. The fourth-order valence-corrected chi connectivity index (χ4v) is 1.44. The van der Waals surface area contributed by atoms with Crippen LogP contribution in [0.5, 0.6) is 0 Å². The molecule has 0 fully saturated rings. The monoisotopic (exact) mass is 324 g/mol. The Morgan fingerprint density at radius 3 is 2.45 bits per heavy atom. The molecule has 1 atom stereocenters. The molecule has 2 N–H and O–H groups in total. The van der Waals surface area contributed by atoms with Gasteiger partial charge in [0.05, 0.1) is 13.7 Å². The molecule has 22 heavy (non-hydrogen) atoms. The summed E-state index contributed by atoms with van der Waals surface area (Å²) in [7, 11) is 1.14. The van der Waals surface area contributed by atoms with Crippen molar-refractivity contribution in [3.05, 3.63) is 11.7 Å². The number of carbonyl (C=O) groups excluding carboxylic acids is 2. The molecule has 0 spiro atoms. The molecule has 2 amide bonds. The van der Waals surface area contributed by atoms with E-state index in [9.17, 15) is 22.8 Å². The van der Waals surface area contributed by atoms with Gasteiger partial charge in [0.2, 0.25) is 11.8 Å². The van der Waals surface area contributed by atoms with Gasteiger partial charge in [-0.05, 0) is 5.92 Å². The summed E-state index contributed by atoms with van der Waals surface area (Å²) in [6, 6.07) is -0.919. The Labute approximate surface area is 123 Å². The zero-order chi connectivity index (χ0) is 16.9. The molecule has 0 aliphatic rings. The zero-order valence-corrected chi connectivity index (χ0v) is 12.0. The number of halogens is 3. The number of alkyl halides is 3. The molecule has 1 heterocycles. The lowest BCUT2D eigenvalue weighted by Gasteiger charge is -2.20. The number of hydrogen-bond acceptors (Lipinski definition) is 6. The largest absolute Gasteiger partial charge is 0.455 e. The molecule has 0 unspecified atom stereocenters. The Kier molecular flexibility index (Phi) is 5.71. The lowest BCUT2D eigenvalue weighted by molar-refractivity contribution is -0.146. The van der Waals surface area contributed by atoms with Crippen molar-refractivity contribution < 1.29 is 32.0 Å². The first-order valence-electron chi connectivity index (χ1n) is 6.17. The van der Waals surface area contributed by atoms with Crippen molar-refractivity contribution in [3.8, 4) is 0 Å². The molecule has 0 saturated heterocycles. The normalized spacial score (nSPS) is 12.9. The van der Waals surface area contributed by atoms with E-state index < -0.39 is 42.5 Å². The number of hydrogen-bond donors (Lipinski definition) is 2. The second-order valence-corrected chi connectivity index (χ2v) is 4.58. The summed E-state index contributed by atoms with van der Waals surface area (Å²) in [5.41, 5.74) is 0. The van der Waals surface area contributed by atoms with Crippen molar-refractivity contribution in [2.24, 2.45) is 5.92 Å². The first-order valence-corrected chi connectivity index (χ1v) is 6.17. The number of amides is 2. The van der Waals surface area contributed by atoms with E-state index in [0.717, 1.165) is 7.11 Å². The van der Waals surface area contributed by atoms with Crippen LogP contribution >= 0.6 is 0 Å². The van der Waals surface area contributed by atoms with Crippen molar-refractivity contribution in [2.75, 3.05) is 7.11 Å². The fraction of sp³-hybridized carbons (Fsp3) is 0.636. The van der Waals surface area contributed by atoms with Gasteiger partial charge < -0.3 is 19.9 Å². The Bertz CT molecular complexity index is 530. The topological polar surface area (TPSA) is 106 Å². The molecule has 0 bridgehead atoms. The second kappa shape index (κ2) is 7.09. The molecule has 1 rings (SSSR count). The number of nitrogens with one attached hydrogen (secondary N) is 2. The highest BCUT2D eigenvalue weighted by Gasteiger charge is 2.37. The van der Waals surface area contributed by atoms with E-state index in [-0.39, 0.29) is 5.92 Å². The van der Waals surface area contributed by atoms with Crippen LogP contribution in [0.1, 0.15) is 25.6 Å². The highest BCUT2D eigenvalue weighted by Crippen LogP contribution is 2.26. The van der Waals surface area contributed by atoms with Crippen LogP contribution in [0.2, 0.25) is 0 Å². The molecule has 1 aromatic heterocycles. The maximum absolute atomic E-state index is 12.3. The Morgan fingerprint density at radius 1 is 1.36 bits per heavy atom. The van der Waals surface area contributed by atoms with E-state index in [1.54, 1.807) is 13.8 Å². The Morgan fingerprint density at radius 2 is 2.00 bits per heavy atom. The number of ether oxygens (including phenoxy) is 1. The molecule has 8 nitrogen and oxygen atoms in total. The van der Waals surface area contributed by atoms with Crippen LogP contribution in [0.4, 0.5) is 18.0 Å². The van der Waals surface area contributed by atoms with Gasteiger partial charge in [-0.1, -0.05) is 19.0 Å². The minimum absolute atomic E-state index is 0.271. The van der Waals surface area contributed by atoms with Gasteiger partial charge in [0.15, 0.2) is 0 Å². The van der Waals surface area contributed by atoms with Crippen LogP contribution in [-0.2, 0) is 22.3 Å². The summed E-state index contributed by atoms with van der Waals surface area (Å²) in [4.78, 5) is 26.2. The molecular weight excluding hydrogens is 309 g/mol. The lowest BCUT2D eigenvalue weighted by atomic mass is 10.0. The van der Waals surface area contributed by atoms with E-state index in [1.807, 2.05) is 0 Å². The molecule has 0 radical (unpaired) electrons.